The topological polar surface area (TPSA) is 97.1 Å². The van der Waals surface area contributed by atoms with Crippen molar-refractivity contribution in [2.45, 2.75) is 38.6 Å². The van der Waals surface area contributed by atoms with Crippen molar-refractivity contribution in [2.75, 3.05) is 16.9 Å². The first-order valence-corrected chi connectivity index (χ1v) is 8.74. The fourth-order valence-corrected chi connectivity index (χ4v) is 3.68. The average molecular weight is 310 g/mol. The first-order valence-electron chi connectivity index (χ1n) is 7.25. The highest BCUT2D eigenvalue weighted by molar-refractivity contribution is 7.85. The molecule has 7 heteroatoms. The maximum atomic E-state index is 12.3. The van der Waals surface area contributed by atoms with Gasteiger partial charge in [-0.3, -0.25) is 9.00 Å². The number of hydrazine groups is 1. The number of hydrogen-bond donors (Lipinski definition) is 3. The van der Waals surface area contributed by atoms with Crippen molar-refractivity contribution in [1.29, 1.82) is 0 Å². The van der Waals surface area contributed by atoms with Gasteiger partial charge < -0.3 is 10.7 Å². The Labute approximate surface area is 127 Å². The van der Waals surface area contributed by atoms with E-state index in [-0.39, 0.29) is 11.9 Å². The summed E-state index contributed by atoms with van der Waals surface area (Å²) in [6.07, 6.45) is 3.30. The van der Waals surface area contributed by atoms with Gasteiger partial charge in [0.15, 0.2) is 0 Å². The zero-order valence-corrected chi connectivity index (χ0v) is 13.0. The fraction of sp³-hybridized carbons (Fsp3) is 0.571. The molecule has 1 amide bonds. The Balaban J connectivity index is 2.07. The average Bonchev–Trinajstić information content (AvgIpc) is 2.49. The lowest BCUT2D eigenvalue weighted by Gasteiger charge is -2.22. The lowest BCUT2D eigenvalue weighted by molar-refractivity contribution is 0.0934. The van der Waals surface area contributed by atoms with Gasteiger partial charge in [0.05, 0.1) is 0 Å². The van der Waals surface area contributed by atoms with E-state index in [4.69, 9.17) is 5.84 Å². The van der Waals surface area contributed by atoms with Crippen LogP contribution in [-0.4, -0.2) is 32.6 Å². The second kappa shape index (κ2) is 7.51. The number of nitrogens with zero attached hydrogens (tertiary/aromatic N) is 1. The predicted molar refractivity (Wildman–Crippen MR) is 84.4 cm³/mol. The molecule has 4 N–H and O–H groups in total. The summed E-state index contributed by atoms with van der Waals surface area (Å²) >= 11 is 0. The molecule has 0 radical (unpaired) electrons. The van der Waals surface area contributed by atoms with Crippen molar-refractivity contribution in [3.8, 4) is 0 Å². The molecule has 1 aliphatic heterocycles. The molecular weight excluding hydrogens is 288 g/mol. The zero-order chi connectivity index (χ0) is 15.2. The first kappa shape index (κ1) is 15.9. The molecule has 2 rings (SSSR count). The van der Waals surface area contributed by atoms with Crippen LogP contribution in [0.25, 0.3) is 0 Å². The molecule has 0 unspecified atom stereocenters. The number of aromatic nitrogens is 1. The number of nitrogens with one attached hydrogen (secondary N) is 2. The standard InChI is InChI=1S/C14H22N4O2S/c1-2-3-12-8-10(9-13(16-12)18-15)14(19)17-11-4-6-21(20)7-5-11/h8-9,11H,2-7,15H2,1H3,(H,16,18)(H,17,19). The molecule has 2 heterocycles. The van der Waals surface area contributed by atoms with Crippen molar-refractivity contribution in [1.82, 2.24) is 10.3 Å². The van der Waals surface area contributed by atoms with Crippen molar-refractivity contribution < 1.29 is 9.00 Å². The largest absolute Gasteiger partial charge is 0.349 e. The van der Waals surface area contributed by atoms with Gasteiger partial charge in [-0.25, -0.2) is 10.8 Å². The number of carbonyl (C=O) groups excluding carboxylic acids is 1. The molecule has 6 nitrogen and oxygen atoms in total. The third kappa shape index (κ3) is 4.50. The Hall–Kier alpha value is -1.47. The summed E-state index contributed by atoms with van der Waals surface area (Å²) in [7, 11) is -0.719. The minimum atomic E-state index is -0.719. The third-order valence-electron chi connectivity index (χ3n) is 3.52. The maximum Gasteiger partial charge on any atom is 0.251 e. The van der Waals surface area contributed by atoms with Crippen LogP contribution in [0.3, 0.4) is 0 Å². The number of hydrogen-bond acceptors (Lipinski definition) is 5. The van der Waals surface area contributed by atoms with Gasteiger partial charge >= 0.3 is 0 Å². The van der Waals surface area contributed by atoms with Crippen molar-refractivity contribution in [3.05, 3.63) is 23.4 Å². The highest BCUT2D eigenvalue weighted by atomic mass is 32.2. The minimum Gasteiger partial charge on any atom is -0.349 e. The molecule has 1 aromatic rings. The Bertz CT molecular complexity index is 526. The smallest absolute Gasteiger partial charge is 0.251 e. The third-order valence-corrected chi connectivity index (χ3v) is 4.90. The van der Waals surface area contributed by atoms with Crippen LogP contribution in [0.4, 0.5) is 5.82 Å². The van der Waals surface area contributed by atoms with Crippen LogP contribution in [0.15, 0.2) is 12.1 Å². The molecule has 0 aliphatic carbocycles. The molecule has 0 saturated carbocycles. The molecule has 0 bridgehead atoms. The Morgan fingerprint density at radius 2 is 2.14 bits per heavy atom. The quantitative estimate of drug-likeness (QED) is 0.556. The van der Waals surface area contributed by atoms with E-state index in [2.05, 4.69) is 22.7 Å². The molecule has 0 atom stereocenters. The molecule has 1 saturated heterocycles. The predicted octanol–water partition coefficient (Wildman–Crippen LogP) is 0.961. The van der Waals surface area contributed by atoms with E-state index >= 15 is 0 Å². The number of pyridine rings is 1. The van der Waals surface area contributed by atoms with E-state index < -0.39 is 10.8 Å². The van der Waals surface area contributed by atoms with Crippen LogP contribution in [-0.2, 0) is 17.2 Å². The van der Waals surface area contributed by atoms with Crippen LogP contribution < -0.4 is 16.6 Å². The van der Waals surface area contributed by atoms with Crippen LogP contribution >= 0.6 is 0 Å². The van der Waals surface area contributed by atoms with E-state index in [9.17, 15) is 9.00 Å². The van der Waals surface area contributed by atoms with Crippen LogP contribution in [0.2, 0.25) is 0 Å². The summed E-state index contributed by atoms with van der Waals surface area (Å²) in [5.41, 5.74) is 3.91. The molecule has 1 aliphatic rings. The Morgan fingerprint density at radius 3 is 2.76 bits per heavy atom. The molecule has 1 fully saturated rings. The summed E-state index contributed by atoms with van der Waals surface area (Å²) in [5.74, 6) is 7.11. The normalized spacial score (nSPS) is 21.8. The van der Waals surface area contributed by atoms with Crippen LogP contribution in [0.5, 0.6) is 0 Å². The van der Waals surface area contributed by atoms with Crippen molar-refractivity contribution in [2.24, 2.45) is 5.84 Å². The summed E-state index contributed by atoms with van der Waals surface area (Å²) in [6.45, 7) is 2.06. The lowest BCUT2D eigenvalue weighted by atomic mass is 10.1. The van der Waals surface area contributed by atoms with E-state index in [1.165, 1.54) is 0 Å². The molecule has 0 aromatic carbocycles. The van der Waals surface area contributed by atoms with Gasteiger partial charge in [-0.1, -0.05) is 13.3 Å². The highest BCUT2D eigenvalue weighted by Gasteiger charge is 2.20. The first-order chi connectivity index (χ1) is 10.1. The number of carbonyl (C=O) groups is 1. The van der Waals surface area contributed by atoms with Crippen molar-refractivity contribution >= 4 is 22.5 Å². The summed E-state index contributed by atoms with van der Waals surface area (Å²) in [6, 6.07) is 3.56. The van der Waals surface area contributed by atoms with Crippen molar-refractivity contribution in [3.63, 3.8) is 0 Å². The summed E-state index contributed by atoms with van der Waals surface area (Å²) in [4.78, 5) is 16.7. The minimum absolute atomic E-state index is 0.104. The van der Waals surface area contributed by atoms with Gasteiger partial charge in [-0.05, 0) is 31.4 Å². The summed E-state index contributed by atoms with van der Waals surface area (Å²) < 4.78 is 11.3. The fourth-order valence-electron chi connectivity index (χ4n) is 2.38. The van der Waals surface area contributed by atoms with Gasteiger partial charge in [-0.15, -0.1) is 0 Å². The van der Waals surface area contributed by atoms with Crippen LogP contribution in [0, 0.1) is 0 Å². The van der Waals surface area contributed by atoms with Gasteiger partial charge in [0.1, 0.15) is 5.82 Å². The molecule has 21 heavy (non-hydrogen) atoms. The van der Waals surface area contributed by atoms with E-state index in [1.54, 1.807) is 12.1 Å². The number of aryl methyl sites for hydroxylation is 1. The number of amides is 1. The number of nitrogens with two attached hydrogens (primary N) is 1. The molecule has 1 aromatic heterocycles. The Morgan fingerprint density at radius 1 is 1.43 bits per heavy atom. The van der Waals surface area contributed by atoms with Crippen LogP contribution in [0.1, 0.15) is 42.2 Å². The molecule has 0 spiro atoms. The monoisotopic (exact) mass is 310 g/mol. The maximum absolute atomic E-state index is 12.3. The SMILES string of the molecule is CCCc1cc(C(=O)NC2CCS(=O)CC2)cc(NN)n1. The van der Waals surface area contributed by atoms with E-state index in [0.29, 0.717) is 22.9 Å². The lowest BCUT2D eigenvalue weighted by Crippen LogP contribution is -2.39. The van der Waals surface area contributed by atoms with Gasteiger partial charge in [0, 0.05) is 39.6 Å². The summed E-state index contributed by atoms with van der Waals surface area (Å²) in [5, 5.41) is 3.01. The molecular formula is C14H22N4O2S. The second-order valence-corrected chi connectivity index (χ2v) is 6.92. The highest BCUT2D eigenvalue weighted by Crippen LogP contribution is 2.14. The van der Waals surface area contributed by atoms with Gasteiger partial charge in [-0.2, -0.15) is 0 Å². The van der Waals surface area contributed by atoms with E-state index in [0.717, 1.165) is 31.4 Å². The number of anilines is 1. The van der Waals surface area contributed by atoms with Gasteiger partial charge in [0.25, 0.3) is 5.91 Å². The second-order valence-electron chi connectivity index (χ2n) is 5.22. The number of nitrogen functional groups attached to an aromatic ring is 1. The zero-order valence-electron chi connectivity index (χ0n) is 12.2. The number of rotatable bonds is 5. The van der Waals surface area contributed by atoms with Gasteiger partial charge in [0.2, 0.25) is 0 Å². The van der Waals surface area contributed by atoms with E-state index in [1.807, 2.05) is 0 Å². The Kier molecular flexibility index (Phi) is 5.69. The molecule has 116 valence electrons.